The Kier molecular flexibility index (Phi) is 0.724. The molecule has 0 radical (unpaired) electrons. The van der Waals surface area contributed by atoms with Gasteiger partial charge in [-0.05, 0) is 12.1 Å². The van der Waals surface area contributed by atoms with Crippen LogP contribution in [0.2, 0.25) is 0 Å². The second-order valence-electron chi connectivity index (χ2n) is 1.31. The first-order valence-electron chi connectivity index (χ1n) is 2.52. The van der Waals surface area contributed by atoms with Crippen molar-refractivity contribution in [3.63, 3.8) is 0 Å². The molecule has 0 aliphatic heterocycles. The molecular weight excluding hydrogens is 90.1 g/mol. The van der Waals surface area contributed by atoms with Crippen molar-refractivity contribution in [2.24, 2.45) is 0 Å². The minimum atomic E-state index is 0.576. The van der Waals surface area contributed by atoms with Crippen molar-refractivity contribution in [2.45, 2.75) is 0 Å². The zero-order valence-corrected chi connectivity index (χ0v) is 3.79. The van der Waals surface area contributed by atoms with Gasteiger partial charge in [-0.1, -0.05) is 18.2 Å². The number of aromatic hydroxyl groups is 1. The highest BCUT2D eigenvalue weighted by Crippen LogP contribution is 2.02. The van der Waals surface area contributed by atoms with Crippen LogP contribution in [-0.2, 0) is 0 Å². The van der Waals surface area contributed by atoms with E-state index in [-0.39, 0.29) is 0 Å². The van der Waals surface area contributed by atoms with Gasteiger partial charge in [0.25, 0.3) is 1.43 Å². The lowest BCUT2D eigenvalue weighted by atomic mass is 10.4. The second kappa shape index (κ2) is 1.65. The first kappa shape index (κ1) is 3.08. The molecule has 1 aromatic rings. The van der Waals surface area contributed by atoms with Gasteiger partial charge >= 0.3 is 0 Å². The largest absolute Gasteiger partial charge is 0.508 e. The smallest absolute Gasteiger partial charge is 0.293 e. The summed E-state index contributed by atoms with van der Waals surface area (Å²) >= 11 is 0. The van der Waals surface area contributed by atoms with Gasteiger partial charge in [0.15, 0.2) is 0 Å². The molecule has 0 fully saturated rings. The van der Waals surface area contributed by atoms with Crippen molar-refractivity contribution in [3.8, 4) is 5.75 Å². The Morgan fingerprint density at radius 1 is 1.29 bits per heavy atom. The van der Waals surface area contributed by atoms with E-state index in [0.29, 0.717) is 5.75 Å². The van der Waals surface area contributed by atoms with Crippen LogP contribution in [0, 0.1) is 0 Å². The predicted molar refractivity (Wildman–Crippen MR) is 28.1 cm³/mol. The molecular formula is C6H6O. The second-order valence-corrected chi connectivity index (χ2v) is 1.31. The van der Waals surface area contributed by atoms with Gasteiger partial charge in [-0.2, -0.15) is 0 Å². The third kappa shape index (κ3) is 0.929. The quantitative estimate of drug-likeness (QED) is 0.525. The van der Waals surface area contributed by atoms with Crippen molar-refractivity contribution in [1.82, 2.24) is 0 Å². The fraction of sp³-hybridized carbons (Fsp3) is 0. The van der Waals surface area contributed by atoms with E-state index in [1.807, 2.05) is 18.2 Å². The average molecular weight is 97.1 g/mol. The van der Waals surface area contributed by atoms with Crippen LogP contribution in [0.3, 0.4) is 0 Å². The van der Waals surface area contributed by atoms with Crippen LogP contribution < -0.4 is 0 Å². The normalized spacial score (nSPS) is 10.0. The van der Waals surface area contributed by atoms with Crippen molar-refractivity contribution < 1.29 is 5.11 Å². The summed E-state index contributed by atoms with van der Waals surface area (Å²) in [7, 11) is 0. The molecule has 1 rings (SSSR count). The van der Waals surface area contributed by atoms with Crippen molar-refractivity contribution in [2.75, 3.05) is 0 Å². The predicted octanol–water partition coefficient (Wildman–Crippen LogP) is 1.39. The van der Waals surface area contributed by atoms with Crippen LogP contribution in [0.25, 0.3) is 0 Å². The Bertz CT molecular complexity index is 150. The number of para-hydroxylation sites is 1. The lowest BCUT2D eigenvalue weighted by Gasteiger charge is -1.82. The SMILES string of the molecule is [2H][18O]c1ccccc1. The van der Waals surface area contributed by atoms with E-state index in [1.165, 1.54) is 0 Å². The highest BCUT2D eigenvalue weighted by molar-refractivity contribution is 5.18. The van der Waals surface area contributed by atoms with Gasteiger partial charge in [0.1, 0.15) is 5.75 Å². The maximum Gasteiger partial charge on any atom is 0.293 e. The maximum absolute atomic E-state index is 6.44. The standard InChI is InChI=1S/C6H6O/c7-6-4-2-1-3-5-6/h1-5,7H/i7+2/hD. The van der Waals surface area contributed by atoms with Crippen LogP contribution in [0.4, 0.5) is 0 Å². The van der Waals surface area contributed by atoms with Gasteiger partial charge in [-0.15, -0.1) is 0 Å². The minimum Gasteiger partial charge on any atom is -0.508 e. The molecule has 1 N–H and O–H groups in total. The van der Waals surface area contributed by atoms with Crippen LogP contribution in [0.5, 0.6) is 5.75 Å². The number of benzene rings is 1. The molecule has 0 unspecified atom stereocenters. The van der Waals surface area contributed by atoms with E-state index in [2.05, 4.69) is 5.11 Å². The molecule has 1 heteroatoms. The first-order valence-corrected chi connectivity index (χ1v) is 2.11. The third-order valence-electron chi connectivity index (χ3n) is 0.743. The summed E-state index contributed by atoms with van der Waals surface area (Å²) in [4.78, 5) is 0. The molecule has 0 heterocycles. The molecule has 0 bridgehead atoms. The Balaban J connectivity index is 2.83. The molecule has 0 saturated carbocycles. The van der Waals surface area contributed by atoms with E-state index >= 15 is 0 Å². The number of hydrogen-bond acceptors (Lipinski definition) is 1. The molecule has 0 amide bonds. The lowest BCUT2D eigenvalue weighted by molar-refractivity contribution is 0.475. The molecule has 0 aliphatic rings. The fourth-order valence-electron chi connectivity index (χ4n) is 0.420. The molecule has 36 valence electrons. The van der Waals surface area contributed by atoms with Crippen molar-refractivity contribution in [1.29, 1.82) is 1.43 Å². The monoisotopic (exact) mass is 97.1 g/mol. The zero-order valence-electron chi connectivity index (χ0n) is 4.79. The summed E-state index contributed by atoms with van der Waals surface area (Å²) in [6.45, 7) is 0. The molecule has 0 atom stereocenters. The van der Waals surface area contributed by atoms with E-state index in [0.717, 1.165) is 0 Å². The third-order valence-corrected chi connectivity index (χ3v) is 0.743. The molecule has 1 aromatic carbocycles. The highest BCUT2D eigenvalue weighted by Gasteiger charge is 1.74. The van der Waals surface area contributed by atoms with Gasteiger partial charge in [0.2, 0.25) is 0 Å². The summed E-state index contributed by atoms with van der Waals surface area (Å²) in [5.41, 5.74) is 0. The first-order chi connectivity index (χ1) is 3.93. The fourth-order valence-corrected chi connectivity index (χ4v) is 0.420. The van der Waals surface area contributed by atoms with Crippen LogP contribution in [0.15, 0.2) is 30.3 Å². The van der Waals surface area contributed by atoms with Gasteiger partial charge in [-0.25, -0.2) is 0 Å². The highest BCUT2D eigenvalue weighted by atomic mass is 18.2. The van der Waals surface area contributed by atoms with Crippen LogP contribution in [-0.4, -0.2) is 6.54 Å². The summed E-state index contributed by atoms with van der Waals surface area (Å²) in [6.07, 6.45) is 0. The number of phenols is 1. The number of phenolic OH excluding ortho intramolecular Hbond substituents is 1. The van der Waals surface area contributed by atoms with Crippen molar-refractivity contribution in [3.05, 3.63) is 30.3 Å². The van der Waals surface area contributed by atoms with Crippen LogP contribution >= 0.6 is 0 Å². The molecule has 0 aromatic heterocycles. The van der Waals surface area contributed by atoms with Gasteiger partial charge in [0, 0.05) is 0 Å². The minimum absolute atomic E-state index is 0.576. The van der Waals surface area contributed by atoms with Crippen molar-refractivity contribution >= 4 is 0 Å². The Morgan fingerprint density at radius 2 is 2.00 bits per heavy atom. The topological polar surface area (TPSA) is 20.2 Å². The average Bonchev–Trinajstić information content (AvgIpc) is 1.90. The summed E-state index contributed by atoms with van der Waals surface area (Å²) in [5, 5.41) is 4.16. The Hall–Kier alpha value is -0.980. The number of hydrogen-bond donors (Lipinski definition) is 1. The maximum atomic E-state index is 6.44. The Labute approximate surface area is 43.7 Å². The summed E-state index contributed by atoms with van der Waals surface area (Å²) < 4.78 is 6.44. The molecule has 1 nitrogen and oxygen atoms in total. The van der Waals surface area contributed by atoms with Gasteiger partial charge in [-0.3, -0.25) is 0 Å². The molecule has 7 heavy (non-hydrogen) atoms. The molecule has 0 spiro atoms. The summed E-state index contributed by atoms with van der Waals surface area (Å²) in [6, 6.07) is 8.98. The van der Waals surface area contributed by atoms with Gasteiger partial charge < -0.3 is 5.11 Å². The van der Waals surface area contributed by atoms with E-state index < -0.39 is 0 Å². The lowest BCUT2D eigenvalue weighted by Crippen LogP contribution is -1.56. The Morgan fingerprint density at radius 3 is 2.43 bits per heavy atom. The van der Waals surface area contributed by atoms with Crippen LogP contribution in [0.1, 0.15) is 0 Å². The van der Waals surface area contributed by atoms with E-state index in [9.17, 15) is 0 Å². The molecule has 0 saturated heterocycles. The summed E-state index contributed by atoms with van der Waals surface area (Å²) in [5.74, 6) is 0.576. The molecule has 0 aliphatic carbocycles. The van der Waals surface area contributed by atoms with E-state index in [1.54, 1.807) is 12.1 Å². The van der Waals surface area contributed by atoms with Gasteiger partial charge in [0.05, 0.1) is 0 Å². The number of rotatable bonds is 1. The zero-order chi connectivity index (χ0) is 5.82. The van der Waals surface area contributed by atoms with E-state index in [4.69, 9.17) is 1.43 Å².